The van der Waals surface area contributed by atoms with E-state index in [2.05, 4.69) is 42.0 Å². The molecule has 100 valence electrons. The lowest BCUT2D eigenvalue weighted by Gasteiger charge is -2.23. The number of aryl methyl sites for hydroxylation is 1. The van der Waals surface area contributed by atoms with Crippen LogP contribution in [0.5, 0.6) is 0 Å². The van der Waals surface area contributed by atoms with Gasteiger partial charge in [0.25, 0.3) is 0 Å². The average molecular weight is 249 g/mol. The smallest absolute Gasteiger partial charge is 0.220 e. The van der Waals surface area contributed by atoms with E-state index in [4.69, 9.17) is 0 Å². The lowest BCUT2D eigenvalue weighted by atomic mass is 10.1. The molecule has 1 aliphatic rings. The van der Waals surface area contributed by atoms with Crippen molar-refractivity contribution in [2.75, 3.05) is 6.54 Å². The van der Waals surface area contributed by atoms with Gasteiger partial charge in [0.15, 0.2) is 0 Å². The molecule has 0 aliphatic carbocycles. The molecule has 1 saturated heterocycles. The van der Waals surface area contributed by atoms with Crippen molar-refractivity contribution < 1.29 is 4.79 Å². The quantitative estimate of drug-likeness (QED) is 0.849. The molecule has 1 unspecified atom stereocenters. The number of hydrogen-bond acceptors (Lipinski definition) is 2. The Kier molecular flexibility index (Phi) is 4.07. The largest absolute Gasteiger partial charge is 0.355 e. The van der Waals surface area contributed by atoms with Gasteiger partial charge in [-0.2, -0.15) is 0 Å². The van der Waals surface area contributed by atoms with Gasteiger partial charge in [0.2, 0.25) is 5.91 Å². The van der Waals surface area contributed by atoms with Gasteiger partial charge in [0, 0.05) is 43.5 Å². The third-order valence-corrected chi connectivity index (χ3v) is 3.84. The minimum absolute atomic E-state index is 0.178. The minimum Gasteiger partial charge on any atom is -0.355 e. The second-order valence-electron chi connectivity index (χ2n) is 5.06. The highest BCUT2D eigenvalue weighted by Gasteiger charge is 2.17. The zero-order valence-electron chi connectivity index (χ0n) is 11.5. The van der Waals surface area contributed by atoms with Crippen molar-refractivity contribution in [3.8, 4) is 0 Å². The van der Waals surface area contributed by atoms with E-state index in [0.29, 0.717) is 12.5 Å². The number of hydrogen-bond donors (Lipinski definition) is 2. The Hall–Kier alpha value is -1.29. The molecule has 1 atom stereocenters. The lowest BCUT2D eigenvalue weighted by Crippen LogP contribution is -2.45. The Bertz CT molecular complexity index is 426. The highest BCUT2D eigenvalue weighted by Crippen LogP contribution is 2.15. The van der Waals surface area contributed by atoms with Crippen LogP contribution < -0.4 is 10.6 Å². The summed E-state index contributed by atoms with van der Waals surface area (Å²) < 4.78 is 2.33. The number of carbonyl (C=O) groups is 1. The maximum Gasteiger partial charge on any atom is 0.220 e. The van der Waals surface area contributed by atoms with Crippen molar-refractivity contribution in [3.63, 3.8) is 0 Å². The van der Waals surface area contributed by atoms with E-state index < -0.39 is 0 Å². The molecule has 18 heavy (non-hydrogen) atoms. The van der Waals surface area contributed by atoms with Gasteiger partial charge in [-0.05, 0) is 38.8 Å². The number of nitrogens with zero attached hydrogens (tertiary/aromatic N) is 1. The van der Waals surface area contributed by atoms with Gasteiger partial charge < -0.3 is 15.2 Å². The predicted octanol–water partition coefficient (Wildman–Crippen LogP) is 1.49. The zero-order valence-corrected chi connectivity index (χ0v) is 11.5. The second kappa shape index (κ2) is 5.57. The molecular weight excluding hydrogens is 226 g/mol. The van der Waals surface area contributed by atoms with Crippen molar-refractivity contribution in [2.45, 2.75) is 52.7 Å². The Morgan fingerprint density at radius 2 is 2.28 bits per heavy atom. The van der Waals surface area contributed by atoms with Crippen LogP contribution in [0.3, 0.4) is 0 Å². The van der Waals surface area contributed by atoms with Crippen LogP contribution in [0.4, 0.5) is 0 Å². The fourth-order valence-electron chi connectivity index (χ4n) is 2.70. The predicted molar refractivity (Wildman–Crippen MR) is 72.5 cm³/mol. The number of amides is 1. The van der Waals surface area contributed by atoms with Gasteiger partial charge in [0.1, 0.15) is 0 Å². The number of piperidine rings is 1. The van der Waals surface area contributed by atoms with Crippen LogP contribution in [0.2, 0.25) is 0 Å². The van der Waals surface area contributed by atoms with Crippen LogP contribution >= 0.6 is 0 Å². The number of aromatic nitrogens is 1. The van der Waals surface area contributed by atoms with Gasteiger partial charge >= 0.3 is 0 Å². The molecule has 4 nitrogen and oxygen atoms in total. The van der Waals surface area contributed by atoms with Gasteiger partial charge in [0.05, 0.1) is 0 Å². The maximum atomic E-state index is 11.1. The van der Waals surface area contributed by atoms with Crippen LogP contribution in [0.1, 0.15) is 36.7 Å². The fraction of sp³-hybridized carbons (Fsp3) is 0.643. The molecule has 2 rings (SSSR count). The van der Waals surface area contributed by atoms with Gasteiger partial charge in [-0.15, -0.1) is 0 Å². The maximum absolute atomic E-state index is 11.1. The molecule has 0 saturated carbocycles. The van der Waals surface area contributed by atoms with Crippen LogP contribution in [0.25, 0.3) is 0 Å². The summed E-state index contributed by atoms with van der Waals surface area (Å²) in [6, 6.07) is 2.67. The Morgan fingerprint density at radius 3 is 2.83 bits per heavy atom. The molecule has 1 amide bonds. The summed E-state index contributed by atoms with van der Waals surface area (Å²) in [5, 5.41) is 6.44. The first-order chi connectivity index (χ1) is 8.61. The summed E-state index contributed by atoms with van der Waals surface area (Å²) in [6.07, 6.45) is 1.59. The molecule has 0 bridgehead atoms. The van der Waals surface area contributed by atoms with Crippen molar-refractivity contribution >= 4 is 5.91 Å². The van der Waals surface area contributed by atoms with E-state index >= 15 is 0 Å². The molecule has 1 fully saturated rings. The van der Waals surface area contributed by atoms with Crippen LogP contribution in [0, 0.1) is 13.8 Å². The van der Waals surface area contributed by atoms with E-state index in [9.17, 15) is 4.79 Å². The highest BCUT2D eigenvalue weighted by molar-refractivity contribution is 5.76. The molecule has 1 aromatic rings. The molecule has 1 aliphatic heterocycles. The highest BCUT2D eigenvalue weighted by atomic mass is 16.1. The molecule has 2 heterocycles. The molecule has 1 aromatic heterocycles. The summed E-state index contributed by atoms with van der Waals surface area (Å²) >= 11 is 0. The fourth-order valence-corrected chi connectivity index (χ4v) is 2.70. The molecule has 0 spiro atoms. The molecular formula is C14H23N3O. The first-order valence-electron chi connectivity index (χ1n) is 6.77. The lowest BCUT2D eigenvalue weighted by molar-refractivity contribution is -0.122. The number of nitrogens with one attached hydrogen (secondary N) is 2. The van der Waals surface area contributed by atoms with E-state index in [1.165, 1.54) is 17.0 Å². The van der Waals surface area contributed by atoms with Crippen LogP contribution in [0.15, 0.2) is 6.07 Å². The van der Waals surface area contributed by atoms with E-state index in [0.717, 1.165) is 26.1 Å². The monoisotopic (exact) mass is 249 g/mol. The van der Waals surface area contributed by atoms with Gasteiger partial charge in [-0.1, -0.05) is 0 Å². The van der Waals surface area contributed by atoms with E-state index in [-0.39, 0.29) is 5.91 Å². The molecule has 4 heteroatoms. The van der Waals surface area contributed by atoms with Crippen molar-refractivity contribution in [1.82, 2.24) is 15.2 Å². The van der Waals surface area contributed by atoms with Crippen molar-refractivity contribution in [2.24, 2.45) is 0 Å². The summed E-state index contributed by atoms with van der Waals surface area (Å²) in [7, 11) is 0. The Balaban J connectivity index is 1.92. The van der Waals surface area contributed by atoms with Crippen LogP contribution in [-0.2, 0) is 17.9 Å². The first-order valence-corrected chi connectivity index (χ1v) is 6.77. The summed E-state index contributed by atoms with van der Waals surface area (Å²) in [5.74, 6) is 0.178. The summed E-state index contributed by atoms with van der Waals surface area (Å²) in [4.78, 5) is 11.1. The molecule has 0 aromatic carbocycles. The topological polar surface area (TPSA) is 46.1 Å². The number of carbonyl (C=O) groups excluding carboxylic acids is 1. The Morgan fingerprint density at radius 1 is 1.50 bits per heavy atom. The standard InChI is InChI=1S/C14H23N3O/c1-4-17-10(2)7-12(11(17)3)8-15-13-5-6-14(18)16-9-13/h7,13,15H,4-6,8-9H2,1-3H3,(H,16,18). The van der Waals surface area contributed by atoms with Gasteiger partial charge in [-0.25, -0.2) is 0 Å². The van der Waals surface area contributed by atoms with Crippen molar-refractivity contribution in [1.29, 1.82) is 0 Å². The van der Waals surface area contributed by atoms with Crippen molar-refractivity contribution in [3.05, 3.63) is 23.0 Å². The first kappa shape index (κ1) is 13.1. The second-order valence-corrected chi connectivity index (χ2v) is 5.06. The van der Waals surface area contributed by atoms with E-state index in [1.807, 2.05) is 0 Å². The van der Waals surface area contributed by atoms with E-state index in [1.54, 1.807) is 0 Å². The number of rotatable bonds is 4. The Labute approximate surface area is 109 Å². The third-order valence-electron chi connectivity index (χ3n) is 3.84. The normalized spacial score (nSPS) is 19.9. The minimum atomic E-state index is 0.178. The summed E-state index contributed by atoms with van der Waals surface area (Å²) in [5.41, 5.74) is 4.04. The van der Waals surface area contributed by atoms with Crippen LogP contribution in [-0.4, -0.2) is 23.1 Å². The third kappa shape index (κ3) is 2.75. The molecule has 0 radical (unpaired) electrons. The summed E-state index contributed by atoms with van der Waals surface area (Å²) in [6.45, 7) is 9.17. The molecule has 2 N–H and O–H groups in total. The average Bonchev–Trinajstić information content (AvgIpc) is 2.63. The zero-order chi connectivity index (χ0) is 13.1. The SMILES string of the molecule is CCn1c(C)cc(CNC2CCC(=O)NC2)c1C. The van der Waals surface area contributed by atoms with Gasteiger partial charge in [-0.3, -0.25) is 4.79 Å².